The smallest absolute Gasteiger partial charge is 0.167 e. The van der Waals surface area contributed by atoms with E-state index in [1.54, 1.807) is 24.5 Å². The highest BCUT2D eigenvalue weighted by molar-refractivity contribution is 5.82. The van der Waals surface area contributed by atoms with Gasteiger partial charge in [-0.25, -0.2) is 19.3 Å². The van der Waals surface area contributed by atoms with E-state index in [2.05, 4.69) is 32.1 Å². The third-order valence-electron chi connectivity index (χ3n) is 6.33. The maximum Gasteiger partial charge on any atom is 0.167 e. The Kier molecular flexibility index (Phi) is 4.83. The topological polar surface area (TPSA) is 83.3 Å². The molecule has 1 saturated carbocycles. The van der Waals surface area contributed by atoms with Crippen molar-refractivity contribution >= 4 is 17.0 Å². The van der Waals surface area contributed by atoms with Crippen molar-refractivity contribution in [2.75, 3.05) is 5.32 Å². The summed E-state index contributed by atoms with van der Waals surface area (Å²) >= 11 is 0. The predicted octanol–water partition coefficient (Wildman–Crippen LogP) is 3.40. The van der Waals surface area contributed by atoms with Crippen molar-refractivity contribution in [3.8, 4) is 11.8 Å². The van der Waals surface area contributed by atoms with Gasteiger partial charge in [0, 0.05) is 6.04 Å². The van der Waals surface area contributed by atoms with E-state index in [-0.39, 0.29) is 5.82 Å². The van der Waals surface area contributed by atoms with Crippen LogP contribution in [0.4, 0.5) is 10.2 Å². The standard InChI is InChI=1S/C24H24FN5O3/c1-24(2)32-19-17(11-10-14-6-3-4-9-16(14)25)31-23(20(19)33-24)30-13-28-18-21(26-12-27-22(18)30)29-15-7-5-8-15/h3-4,6,9,12-13,15,17,19-20,23H,5,7-8H2,1-2H3,(H,26,27,29). The Bertz CT molecular complexity index is 1260. The van der Waals surface area contributed by atoms with Gasteiger partial charge >= 0.3 is 0 Å². The van der Waals surface area contributed by atoms with Gasteiger partial charge in [0.2, 0.25) is 0 Å². The molecule has 2 aliphatic heterocycles. The summed E-state index contributed by atoms with van der Waals surface area (Å²) in [6.45, 7) is 3.72. The minimum absolute atomic E-state index is 0.312. The van der Waals surface area contributed by atoms with E-state index in [1.165, 1.54) is 18.8 Å². The van der Waals surface area contributed by atoms with Gasteiger partial charge < -0.3 is 19.5 Å². The molecule has 3 fully saturated rings. The quantitative estimate of drug-likeness (QED) is 0.614. The third-order valence-corrected chi connectivity index (χ3v) is 6.33. The van der Waals surface area contributed by atoms with Crippen molar-refractivity contribution in [2.45, 2.75) is 69.5 Å². The molecule has 0 bridgehead atoms. The molecule has 6 rings (SSSR count). The number of aromatic nitrogens is 4. The molecular formula is C24H24FN5O3. The third kappa shape index (κ3) is 3.64. The van der Waals surface area contributed by atoms with E-state index in [9.17, 15) is 4.39 Å². The van der Waals surface area contributed by atoms with Crippen LogP contribution in [0.5, 0.6) is 0 Å². The van der Waals surface area contributed by atoms with Crippen LogP contribution in [0.3, 0.4) is 0 Å². The average molecular weight is 449 g/mol. The number of halogens is 1. The molecule has 4 heterocycles. The summed E-state index contributed by atoms with van der Waals surface area (Å²) in [4.78, 5) is 13.4. The maximum absolute atomic E-state index is 14.1. The molecule has 8 nitrogen and oxygen atoms in total. The van der Waals surface area contributed by atoms with Gasteiger partial charge in [0.1, 0.15) is 30.5 Å². The summed E-state index contributed by atoms with van der Waals surface area (Å²) in [5, 5.41) is 3.46. The number of ether oxygens (including phenoxy) is 3. The molecule has 1 aliphatic carbocycles. The Hall–Kier alpha value is -3.06. The minimum atomic E-state index is -0.794. The second kappa shape index (κ2) is 7.76. The molecule has 4 atom stereocenters. The average Bonchev–Trinajstić information content (AvgIpc) is 3.41. The molecule has 0 amide bonds. The fourth-order valence-electron chi connectivity index (χ4n) is 4.52. The molecule has 33 heavy (non-hydrogen) atoms. The number of fused-ring (bicyclic) bond motifs is 2. The number of anilines is 1. The van der Waals surface area contributed by atoms with Gasteiger partial charge in [-0.2, -0.15) is 0 Å². The molecule has 1 N–H and O–H groups in total. The summed E-state index contributed by atoms with van der Waals surface area (Å²) in [5.74, 6) is 5.49. The van der Waals surface area contributed by atoms with Crippen LogP contribution in [0.15, 0.2) is 36.9 Å². The fourth-order valence-corrected chi connectivity index (χ4v) is 4.52. The minimum Gasteiger partial charge on any atom is -0.365 e. The first kappa shape index (κ1) is 20.5. The normalized spacial score (nSPS) is 28.2. The fraction of sp³-hybridized carbons (Fsp3) is 0.458. The molecule has 2 aromatic heterocycles. The molecule has 0 radical (unpaired) electrons. The van der Waals surface area contributed by atoms with Crippen LogP contribution in [-0.2, 0) is 14.2 Å². The number of rotatable bonds is 3. The summed E-state index contributed by atoms with van der Waals surface area (Å²) in [5.41, 5.74) is 1.64. The van der Waals surface area contributed by atoms with E-state index >= 15 is 0 Å². The van der Waals surface area contributed by atoms with Gasteiger partial charge in [-0.15, -0.1) is 0 Å². The van der Waals surface area contributed by atoms with Crippen molar-refractivity contribution in [2.24, 2.45) is 0 Å². The Balaban J connectivity index is 1.34. The molecule has 2 saturated heterocycles. The number of hydrogen-bond acceptors (Lipinski definition) is 7. The molecule has 9 heteroatoms. The lowest BCUT2D eigenvalue weighted by atomic mass is 9.93. The zero-order valence-electron chi connectivity index (χ0n) is 18.4. The number of hydrogen-bond donors (Lipinski definition) is 1. The van der Waals surface area contributed by atoms with Crippen LogP contribution < -0.4 is 5.32 Å². The summed E-state index contributed by atoms with van der Waals surface area (Å²) in [7, 11) is 0. The van der Waals surface area contributed by atoms with Crippen molar-refractivity contribution in [3.63, 3.8) is 0 Å². The van der Waals surface area contributed by atoms with Crippen LogP contribution in [0, 0.1) is 17.7 Å². The van der Waals surface area contributed by atoms with Crippen molar-refractivity contribution in [1.29, 1.82) is 0 Å². The first-order chi connectivity index (χ1) is 16.0. The predicted molar refractivity (Wildman–Crippen MR) is 118 cm³/mol. The number of benzene rings is 1. The van der Waals surface area contributed by atoms with Crippen LogP contribution in [0.1, 0.15) is 44.9 Å². The molecule has 4 unspecified atom stereocenters. The van der Waals surface area contributed by atoms with E-state index in [0.29, 0.717) is 22.8 Å². The number of imidazole rings is 1. The van der Waals surface area contributed by atoms with E-state index in [1.807, 2.05) is 18.4 Å². The SMILES string of the molecule is CC1(C)OC2C(C#Cc3ccccc3F)OC(n3cnc4c(NC5CCC5)ncnc43)C2O1. The van der Waals surface area contributed by atoms with E-state index < -0.39 is 30.3 Å². The molecule has 170 valence electrons. The van der Waals surface area contributed by atoms with E-state index in [4.69, 9.17) is 14.2 Å². The summed E-state index contributed by atoms with van der Waals surface area (Å²) in [6.07, 6.45) is 4.69. The molecule has 3 aromatic rings. The van der Waals surface area contributed by atoms with Crippen LogP contribution in [-0.4, -0.2) is 49.7 Å². The summed E-state index contributed by atoms with van der Waals surface area (Å²) in [6, 6.07) is 6.83. The zero-order valence-corrected chi connectivity index (χ0v) is 18.4. The lowest BCUT2D eigenvalue weighted by Gasteiger charge is -2.26. The molecule has 3 aliphatic rings. The van der Waals surface area contributed by atoms with Crippen LogP contribution in [0.25, 0.3) is 11.2 Å². The van der Waals surface area contributed by atoms with Gasteiger partial charge in [0.15, 0.2) is 29.0 Å². The second-order valence-corrected chi connectivity index (χ2v) is 9.08. The van der Waals surface area contributed by atoms with Gasteiger partial charge in [0.05, 0.1) is 11.9 Å². The Labute approximate surface area is 190 Å². The summed E-state index contributed by atoms with van der Waals surface area (Å²) < 4.78 is 34.5. The Morgan fingerprint density at radius 1 is 1.12 bits per heavy atom. The number of nitrogens with zero attached hydrogens (tertiary/aromatic N) is 4. The maximum atomic E-state index is 14.1. The van der Waals surface area contributed by atoms with Crippen LogP contribution >= 0.6 is 0 Å². The van der Waals surface area contributed by atoms with Crippen LogP contribution in [0.2, 0.25) is 0 Å². The highest BCUT2D eigenvalue weighted by Crippen LogP contribution is 2.43. The van der Waals surface area contributed by atoms with Crippen molar-refractivity contribution in [1.82, 2.24) is 19.5 Å². The monoisotopic (exact) mass is 449 g/mol. The highest BCUT2D eigenvalue weighted by Gasteiger charge is 2.56. The second-order valence-electron chi connectivity index (χ2n) is 9.08. The Morgan fingerprint density at radius 3 is 2.73 bits per heavy atom. The first-order valence-electron chi connectivity index (χ1n) is 11.2. The zero-order chi connectivity index (χ0) is 22.6. The van der Waals surface area contributed by atoms with Gasteiger partial charge in [-0.3, -0.25) is 4.57 Å². The largest absolute Gasteiger partial charge is 0.365 e. The van der Waals surface area contributed by atoms with Gasteiger partial charge in [0.25, 0.3) is 0 Å². The first-order valence-corrected chi connectivity index (χ1v) is 11.2. The number of nitrogens with one attached hydrogen (secondary N) is 1. The van der Waals surface area contributed by atoms with Gasteiger partial charge in [-0.05, 0) is 45.2 Å². The highest BCUT2D eigenvalue weighted by atomic mass is 19.1. The van der Waals surface area contributed by atoms with Gasteiger partial charge in [-0.1, -0.05) is 24.0 Å². The Morgan fingerprint density at radius 2 is 1.94 bits per heavy atom. The molecule has 0 spiro atoms. The lowest BCUT2D eigenvalue weighted by Crippen LogP contribution is -2.28. The van der Waals surface area contributed by atoms with Crippen molar-refractivity contribution in [3.05, 3.63) is 48.3 Å². The van der Waals surface area contributed by atoms with E-state index in [0.717, 1.165) is 18.7 Å². The molecule has 1 aromatic carbocycles. The molecular weight excluding hydrogens is 425 g/mol. The van der Waals surface area contributed by atoms with Crippen molar-refractivity contribution < 1.29 is 18.6 Å². The lowest BCUT2D eigenvalue weighted by molar-refractivity contribution is -0.190.